The second-order valence-electron chi connectivity index (χ2n) is 6.76. The van der Waals surface area contributed by atoms with Crippen molar-refractivity contribution in [3.05, 3.63) is 121 Å². The molecule has 2 heteroatoms. The Bertz CT molecular complexity index is 889. The van der Waals surface area contributed by atoms with E-state index in [9.17, 15) is 0 Å². The maximum absolute atomic E-state index is 2.47. The zero-order valence-electron chi connectivity index (χ0n) is 16.0. The molecule has 1 unspecified atom stereocenters. The van der Waals surface area contributed by atoms with E-state index < -0.39 is 7.26 Å². The Hall–Kier alpha value is -2.17. The fourth-order valence-corrected chi connectivity index (χ4v) is 13.5. The third kappa shape index (κ3) is 3.71. The molecule has 4 rings (SSSR count). The second-order valence-corrected chi connectivity index (χ2v) is 14.3. The van der Waals surface area contributed by atoms with Crippen LogP contribution in [0.4, 0.5) is 0 Å². The van der Waals surface area contributed by atoms with Gasteiger partial charge in [-0.1, -0.05) is 0 Å². The van der Waals surface area contributed by atoms with Crippen molar-refractivity contribution in [3.63, 3.8) is 0 Å². The summed E-state index contributed by atoms with van der Waals surface area (Å²) in [5.41, 5.74) is 0. The minimum atomic E-state index is -1.78. The SMILES string of the molecule is CC([Se]c1ccccc1)[P+](c1ccccc1)(c1ccccc1)c1ccccc1. The number of benzene rings is 4. The van der Waals surface area contributed by atoms with Crippen LogP contribution in [0, 0.1) is 0 Å². The van der Waals surface area contributed by atoms with E-state index in [2.05, 4.69) is 128 Å². The van der Waals surface area contributed by atoms with E-state index in [1.807, 2.05) is 0 Å². The van der Waals surface area contributed by atoms with Gasteiger partial charge in [0.25, 0.3) is 0 Å². The van der Waals surface area contributed by atoms with Gasteiger partial charge in [0.05, 0.1) is 0 Å². The van der Waals surface area contributed by atoms with Crippen LogP contribution >= 0.6 is 7.26 Å². The van der Waals surface area contributed by atoms with Crippen molar-refractivity contribution < 1.29 is 0 Å². The molecular weight excluding hydrogens is 422 g/mol. The van der Waals surface area contributed by atoms with E-state index in [0.717, 1.165) is 0 Å². The van der Waals surface area contributed by atoms with Crippen LogP contribution in [0.3, 0.4) is 0 Å². The van der Waals surface area contributed by atoms with E-state index in [1.54, 1.807) is 0 Å². The van der Waals surface area contributed by atoms with Gasteiger partial charge in [0, 0.05) is 0 Å². The van der Waals surface area contributed by atoms with Crippen molar-refractivity contribution in [1.29, 1.82) is 0 Å². The van der Waals surface area contributed by atoms with Crippen molar-refractivity contribution in [2.75, 3.05) is 0 Å². The Balaban J connectivity index is 1.95. The first-order valence-corrected chi connectivity index (χ1v) is 13.3. The van der Waals surface area contributed by atoms with Crippen LogP contribution in [0.1, 0.15) is 6.92 Å². The molecule has 0 aliphatic rings. The first-order valence-electron chi connectivity index (χ1n) is 9.59. The summed E-state index contributed by atoms with van der Waals surface area (Å²) in [7, 11) is -1.78. The van der Waals surface area contributed by atoms with Crippen LogP contribution in [0.2, 0.25) is 0 Å². The van der Waals surface area contributed by atoms with Crippen molar-refractivity contribution in [2.24, 2.45) is 0 Å². The summed E-state index contributed by atoms with van der Waals surface area (Å²) in [5.74, 6) is 0. The third-order valence-electron chi connectivity index (χ3n) is 5.09. The van der Waals surface area contributed by atoms with Gasteiger partial charge in [-0.15, -0.1) is 0 Å². The Morgan fingerprint density at radius 3 is 1.18 bits per heavy atom. The molecule has 0 radical (unpaired) electrons. The summed E-state index contributed by atoms with van der Waals surface area (Å²) in [5, 5.41) is 4.41. The van der Waals surface area contributed by atoms with Gasteiger partial charge in [-0.2, -0.15) is 0 Å². The Morgan fingerprint density at radius 1 is 0.500 bits per heavy atom. The molecule has 0 saturated heterocycles. The molecule has 4 aromatic carbocycles. The molecule has 0 saturated carbocycles. The molecule has 0 aliphatic heterocycles. The zero-order valence-corrected chi connectivity index (χ0v) is 18.6. The zero-order chi connectivity index (χ0) is 19.2. The molecule has 0 fully saturated rings. The molecule has 1 atom stereocenters. The van der Waals surface area contributed by atoms with Crippen LogP contribution in [-0.2, 0) is 0 Å². The molecule has 28 heavy (non-hydrogen) atoms. The van der Waals surface area contributed by atoms with Crippen LogP contribution in [0.5, 0.6) is 0 Å². The Labute approximate surface area is 175 Å². The monoisotopic (exact) mass is 447 g/mol. The first kappa shape index (κ1) is 19.2. The van der Waals surface area contributed by atoms with Crippen molar-refractivity contribution in [2.45, 2.75) is 11.5 Å². The van der Waals surface area contributed by atoms with E-state index in [-0.39, 0.29) is 0 Å². The van der Waals surface area contributed by atoms with Crippen LogP contribution in [0.25, 0.3) is 0 Å². The van der Waals surface area contributed by atoms with E-state index in [4.69, 9.17) is 0 Å². The number of hydrogen-bond donors (Lipinski definition) is 0. The van der Waals surface area contributed by atoms with Gasteiger partial charge in [-0.05, 0) is 0 Å². The molecule has 0 aromatic heterocycles. The first-order chi connectivity index (χ1) is 13.8. The van der Waals surface area contributed by atoms with Gasteiger partial charge in [-0.25, -0.2) is 0 Å². The van der Waals surface area contributed by atoms with Gasteiger partial charge in [0.15, 0.2) is 0 Å². The molecular formula is C26H24PSe+. The van der Waals surface area contributed by atoms with E-state index >= 15 is 0 Å². The summed E-state index contributed by atoms with van der Waals surface area (Å²) < 4.78 is 2.02. The fourth-order valence-electron chi connectivity index (χ4n) is 3.84. The van der Waals surface area contributed by atoms with Crippen molar-refractivity contribution >= 4 is 42.6 Å². The molecule has 0 spiro atoms. The number of rotatable bonds is 6. The Kier molecular flexibility index (Phi) is 6.08. The second kappa shape index (κ2) is 8.89. The third-order valence-corrected chi connectivity index (χ3v) is 13.9. The van der Waals surface area contributed by atoms with Crippen LogP contribution in [-0.4, -0.2) is 19.5 Å². The fraction of sp³-hybridized carbons (Fsp3) is 0.0769. The molecule has 0 nitrogen and oxygen atoms in total. The summed E-state index contributed by atoms with van der Waals surface area (Å²) in [4.78, 5) is 0. The van der Waals surface area contributed by atoms with Gasteiger partial charge in [-0.3, -0.25) is 0 Å². The van der Waals surface area contributed by atoms with Crippen molar-refractivity contribution in [3.8, 4) is 0 Å². The molecule has 138 valence electrons. The molecule has 0 amide bonds. The minimum absolute atomic E-state index is 0.372. The van der Waals surface area contributed by atoms with Gasteiger partial charge in [0.2, 0.25) is 0 Å². The summed E-state index contributed by atoms with van der Waals surface area (Å²) in [6, 6.07) is 44.6. The van der Waals surface area contributed by atoms with E-state index in [1.165, 1.54) is 20.4 Å². The number of hydrogen-bond acceptors (Lipinski definition) is 0. The average Bonchev–Trinajstić information content (AvgIpc) is 2.77. The normalized spacial score (nSPS) is 12.5. The summed E-state index contributed by atoms with van der Waals surface area (Å²) >= 11 is 0.372. The van der Waals surface area contributed by atoms with Gasteiger partial charge in [0.1, 0.15) is 0 Å². The predicted octanol–water partition coefficient (Wildman–Crippen LogP) is 4.36. The van der Waals surface area contributed by atoms with Crippen LogP contribution in [0.15, 0.2) is 121 Å². The Morgan fingerprint density at radius 2 is 0.821 bits per heavy atom. The molecule has 0 N–H and O–H groups in total. The molecule has 0 aliphatic carbocycles. The molecule has 0 bridgehead atoms. The summed E-state index contributed by atoms with van der Waals surface area (Å²) in [6.45, 7) is 2.47. The maximum atomic E-state index is 2.47. The summed E-state index contributed by atoms with van der Waals surface area (Å²) in [6.07, 6.45) is 0. The van der Waals surface area contributed by atoms with Crippen LogP contribution < -0.4 is 20.4 Å². The van der Waals surface area contributed by atoms with E-state index in [0.29, 0.717) is 19.5 Å². The molecule has 4 aromatic rings. The standard InChI is InChI=1S/C26H24PSe/c1-22(28-26-20-12-5-13-21-26)27(23-14-6-2-7-15-23,24-16-8-3-9-17-24)25-18-10-4-11-19-25/h2-22H,1H3/q+1. The predicted molar refractivity (Wildman–Crippen MR) is 126 cm³/mol. The van der Waals surface area contributed by atoms with Gasteiger partial charge < -0.3 is 0 Å². The topological polar surface area (TPSA) is 0 Å². The van der Waals surface area contributed by atoms with Gasteiger partial charge >= 0.3 is 175 Å². The quantitative estimate of drug-likeness (QED) is 0.305. The van der Waals surface area contributed by atoms with Crippen molar-refractivity contribution in [1.82, 2.24) is 0 Å². The average molecular weight is 446 g/mol. The molecule has 0 heterocycles.